The maximum Gasteiger partial charge on any atom is 0.143 e. The van der Waals surface area contributed by atoms with Crippen molar-refractivity contribution in [2.24, 2.45) is 0 Å². The van der Waals surface area contributed by atoms with E-state index in [2.05, 4.69) is 137 Å². The van der Waals surface area contributed by atoms with Crippen molar-refractivity contribution in [2.75, 3.05) is 0 Å². The van der Waals surface area contributed by atoms with Crippen molar-refractivity contribution >= 4 is 63.7 Å². The Labute approximate surface area is 226 Å². The molecule has 0 unspecified atom stereocenters. The minimum atomic E-state index is 0.848. The van der Waals surface area contributed by atoms with E-state index >= 15 is 0 Å². The van der Waals surface area contributed by atoms with Gasteiger partial charge in [-0.25, -0.2) is 0 Å². The van der Waals surface area contributed by atoms with E-state index in [1.165, 1.54) is 0 Å². The van der Waals surface area contributed by atoms with Crippen LogP contribution in [0.3, 0.4) is 0 Å². The predicted molar refractivity (Wildman–Crippen MR) is 151 cm³/mol. The third kappa shape index (κ3) is 4.83. The summed E-state index contributed by atoms with van der Waals surface area (Å²) in [5, 5.41) is 0. The zero-order valence-electron chi connectivity index (χ0n) is 17.2. The van der Waals surface area contributed by atoms with E-state index in [-0.39, 0.29) is 0 Å². The van der Waals surface area contributed by atoms with Crippen LogP contribution in [0.4, 0.5) is 0 Å². The third-order valence-electron chi connectivity index (χ3n) is 5.39. The Morgan fingerprint density at radius 1 is 0.333 bits per heavy atom. The normalized spacial score (nSPS) is 11.0. The van der Waals surface area contributed by atoms with Gasteiger partial charge in [-0.3, -0.25) is 0 Å². The smallest absolute Gasteiger partial charge is 0.143 e. The Bertz CT molecular complexity index is 1290. The van der Waals surface area contributed by atoms with Gasteiger partial charge >= 0.3 is 0 Å². The number of rotatable bonds is 4. The lowest BCUT2D eigenvalue weighted by molar-refractivity contribution is 0.599. The highest BCUT2D eigenvalue weighted by Crippen LogP contribution is 2.48. The molecule has 0 fully saturated rings. The van der Waals surface area contributed by atoms with Gasteiger partial charge in [0.1, 0.15) is 11.5 Å². The zero-order chi connectivity index (χ0) is 22.9. The molecule has 5 heteroatoms. The average molecular weight is 688 g/mol. The first-order valence-corrected chi connectivity index (χ1v) is 13.4. The molecule has 4 aromatic carbocycles. The van der Waals surface area contributed by atoms with Gasteiger partial charge in [0.2, 0.25) is 0 Å². The van der Waals surface area contributed by atoms with Crippen molar-refractivity contribution in [2.45, 2.75) is 0 Å². The molecule has 0 N–H and O–H groups in total. The third-order valence-corrected chi connectivity index (χ3v) is 7.50. The highest BCUT2D eigenvalue weighted by atomic mass is 79.9. The maximum absolute atomic E-state index is 6.71. The molecule has 0 aliphatic carbocycles. The number of furan rings is 1. The Kier molecular flexibility index (Phi) is 6.75. The van der Waals surface area contributed by atoms with E-state index < -0.39 is 0 Å². The van der Waals surface area contributed by atoms with E-state index in [1.807, 2.05) is 24.3 Å². The molecule has 0 atom stereocenters. The summed E-state index contributed by atoms with van der Waals surface area (Å²) in [6.45, 7) is 0. The molecule has 1 heterocycles. The Balaban J connectivity index is 1.86. The van der Waals surface area contributed by atoms with Gasteiger partial charge in [0, 0.05) is 40.1 Å². The van der Waals surface area contributed by atoms with Crippen molar-refractivity contribution in [3.63, 3.8) is 0 Å². The average Bonchev–Trinajstić information content (AvgIpc) is 3.21. The minimum Gasteiger partial charge on any atom is -0.455 e. The summed E-state index contributed by atoms with van der Waals surface area (Å²) in [4.78, 5) is 0. The van der Waals surface area contributed by atoms with Crippen molar-refractivity contribution in [1.82, 2.24) is 0 Å². The first-order valence-electron chi connectivity index (χ1n) is 10.2. The van der Waals surface area contributed by atoms with Gasteiger partial charge in [-0.2, -0.15) is 0 Å². The second-order valence-electron chi connectivity index (χ2n) is 7.54. The fourth-order valence-corrected chi connectivity index (χ4v) is 4.88. The molecular formula is C28H16Br4O. The van der Waals surface area contributed by atoms with E-state index in [4.69, 9.17) is 4.42 Å². The molecule has 5 rings (SSSR count). The lowest BCUT2D eigenvalue weighted by Gasteiger charge is -2.09. The fourth-order valence-electron chi connectivity index (χ4n) is 3.82. The van der Waals surface area contributed by atoms with Crippen LogP contribution >= 0.6 is 63.7 Å². The van der Waals surface area contributed by atoms with Crippen molar-refractivity contribution in [3.05, 3.63) is 115 Å². The standard InChI is InChI=1S/C28H16Br4O/c29-21-9-1-17(2-10-21)25-26(18-3-11-22(30)12-4-18)28(20-7-15-24(32)16-8-20)33-27(25)19-5-13-23(31)14-6-19/h1-16H. The van der Waals surface area contributed by atoms with Gasteiger partial charge in [0.15, 0.2) is 0 Å². The summed E-state index contributed by atoms with van der Waals surface area (Å²) >= 11 is 14.2. The molecular weight excluding hydrogens is 672 g/mol. The molecule has 0 saturated carbocycles. The van der Waals surface area contributed by atoms with Crippen LogP contribution in [0.5, 0.6) is 0 Å². The van der Waals surface area contributed by atoms with Gasteiger partial charge in [0.25, 0.3) is 0 Å². The van der Waals surface area contributed by atoms with Crippen molar-refractivity contribution < 1.29 is 4.42 Å². The summed E-state index contributed by atoms with van der Waals surface area (Å²) in [6.07, 6.45) is 0. The maximum atomic E-state index is 6.71. The molecule has 0 aliphatic heterocycles. The summed E-state index contributed by atoms with van der Waals surface area (Å²) in [6, 6.07) is 33.3. The summed E-state index contributed by atoms with van der Waals surface area (Å²) < 4.78 is 10.9. The van der Waals surface area contributed by atoms with Crippen LogP contribution in [0.2, 0.25) is 0 Å². The molecule has 0 radical (unpaired) electrons. The van der Waals surface area contributed by atoms with Crippen LogP contribution in [0, 0.1) is 0 Å². The van der Waals surface area contributed by atoms with Crippen LogP contribution in [0.1, 0.15) is 0 Å². The lowest BCUT2D eigenvalue weighted by atomic mass is 9.91. The molecule has 0 aliphatic rings. The van der Waals surface area contributed by atoms with Gasteiger partial charge < -0.3 is 4.42 Å². The molecule has 1 nitrogen and oxygen atoms in total. The van der Waals surface area contributed by atoms with E-state index in [1.54, 1.807) is 0 Å². The number of halogens is 4. The van der Waals surface area contributed by atoms with Gasteiger partial charge in [-0.05, 0) is 59.7 Å². The molecule has 33 heavy (non-hydrogen) atoms. The zero-order valence-corrected chi connectivity index (χ0v) is 23.5. The SMILES string of the molecule is Brc1ccc(-c2oc(-c3ccc(Br)cc3)c(-c3ccc(Br)cc3)c2-c2ccc(Br)cc2)cc1. The molecule has 0 saturated heterocycles. The molecule has 0 spiro atoms. The monoisotopic (exact) mass is 684 g/mol. The Hall–Kier alpha value is -1.92. The minimum absolute atomic E-state index is 0.848. The van der Waals surface area contributed by atoms with Crippen LogP contribution in [-0.2, 0) is 0 Å². The molecule has 0 amide bonds. The lowest BCUT2D eigenvalue weighted by Crippen LogP contribution is -1.86. The Morgan fingerprint density at radius 3 is 0.848 bits per heavy atom. The van der Waals surface area contributed by atoms with Gasteiger partial charge in [-0.1, -0.05) is 112 Å². The first kappa shape index (κ1) is 22.9. The Morgan fingerprint density at radius 2 is 0.576 bits per heavy atom. The van der Waals surface area contributed by atoms with E-state index in [0.29, 0.717) is 0 Å². The number of hydrogen-bond acceptors (Lipinski definition) is 1. The summed E-state index contributed by atoms with van der Waals surface area (Å²) in [7, 11) is 0. The van der Waals surface area contributed by atoms with Crippen molar-refractivity contribution in [1.29, 1.82) is 0 Å². The van der Waals surface area contributed by atoms with Crippen LogP contribution in [0.25, 0.3) is 44.9 Å². The van der Waals surface area contributed by atoms with Crippen LogP contribution in [-0.4, -0.2) is 0 Å². The topological polar surface area (TPSA) is 13.1 Å². The quantitative estimate of drug-likeness (QED) is 0.183. The second kappa shape index (κ2) is 9.75. The number of benzene rings is 4. The summed E-state index contributed by atoms with van der Waals surface area (Å²) in [5.74, 6) is 1.70. The van der Waals surface area contributed by atoms with Gasteiger partial charge in [0.05, 0.1) is 0 Å². The highest BCUT2D eigenvalue weighted by molar-refractivity contribution is 9.11. The van der Waals surface area contributed by atoms with Crippen LogP contribution < -0.4 is 0 Å². The first-order chi connectivity index (χ1) is 16.0. The second-order valence-corrected chi connectivity index (χ2v) is 11.2. The molecule has 1 aromatic heterocycles. The molecule has 162 valence electrons. The van der Waals surface area contributed by atoms with Crippen molar-refractivity contribution in [3.8, 4) is 44.9 Å². The highest BCUT2D eigenvalue weighted by Gasteiger charge is 2.25. The molecule has 0 bridgehead atoms. The largest absolute Gasteiger partial charge is 0.455 e. The van der Waals surface area contributed by atoms with E-state index in [9.17, 15) is 0 Å². The number of hydrogen-bond donors (Lipinski definition) is 0. The fraction of sp³-hybridized carbons (Fsp3) is 0. The van der Waals surface area contributed by atoms with Crippen LogP contribution in [0.15, 0.2) is 119 Å². The molecule has 5 aromatic rings. The van der Waals surface area contributed by atoms with E-state index in [0.717, 1.165) is 62.8 Å². The van der Waals surface area contributed by atoms with Gasteiger partial charge in [-0.15, -0.1) is 0 Å². The predicted octanol–water partition coefficient (Wildman–Crippen LogP) is 11.0. The summed E-state index contributed by atoms with van der Waals surface area (Å²) in [5.41, 5.74) is 6.40.